The Morgan fingerprint density at radius 3 is 2.82 bits per heavy atom. The number of hydrogen-bond acceptors (Lipinski definition) is 7. The van der Waals surface area contributed by atoms with Gasteiger partial charge in [0.05, 0.1) is 11.8 Å². The summed E-state index contributed by atoms with van der Waals surface area (Å²) in [6.07, 6.45) is 2.86. The zero-order valence-corrected chi connectivity index (χ0v) is 14.9. The van der Waals surface area contributed by atoms with Crippen molar-refractivity contribution in [2.45, 2.75) is 0 Å². The third-order valence-electron chi connectivity index (χ3n) is 3.72. The summed E-state index contributed by atoms with van der Waals surface area (Å²) < 4.78 is 18.5. The summed E-state index contributed by atoms with van der Waals surface area (Å²) in [7, 11) is 0. The van der Waals surface area contributed by atoms with Gasteiger partial charge in [0.2, 0.25) is 11.7 Å². The van der Waals surface area contributed by atoms with Crippen LogP contribution in [0.2, 0.25) is 0 Å². The highest BCUT2D eigenvalue weighted by Crippen LogP contribution is 2.26. The number of hydrogen-bond donors (Lipinski definition) is 1. The van der Waals surface area contributed by atoms with E-state index in [-0.39, 0.29) is 17.5 Å². The lowest BCUT2D eigenvalue weighted by Crippen LogP contribution is -2.10. The fourth-order valence-corrected chi connectivity index (χ4v) is 3.09. The van der Waals surface area contributed by atoms with Crippen molar-refractivity contribution in [3.8, 4) is 28.9 Å². The molecule has 0 unspecified atom stereocenters. The predicted molar refractivity (Wildman–Crippen MR) is 99.9 cm³/mol. The maximum Gasteiger partial charge on any atom is 0.294 e. The molecule has 0 aliphatic heterocycles. The number of carbonyl (C=O) groups excluding carboxylic acids is 1. The maximum absolute atomic E-state index is 13.0. The molecule has 1 N–H and O–H groups in total. The van der Waals surface area contributed by atoms with E-state index in [4.69, 9.17) is 9.68 Å². The monoisotopic (exact) mass is 391 g/mol. The maximum atomic E-state index is 13.0. The van der Waals surface area contributed by atoms with Crippen molar-refractivity contribution in [3.63, 3.8) is 0 Å². The van der Waals surface area contributed by atoms with Crippen molar-refractivity contribution in [1.82, 2.24) is 15.0 Å². The fraction of sp³-hybridized carbons (Fsp3) is 0. The van der Waals surface area contributed by atoms with Crippen molar-refractivity contribution < 1.29 is 13.6 Å². The quantitative estimate of drug-likeness (QED) is 0.561. The van der Waals surface area contributed by atoms with E-state index in [0.29, 0.717) is 27.6 Å². The van der Waals surface area contributed by atoms with Crippen LogP contribution in [0.3, 0.4) is 0 Å². The molecular weight excluding hydrogens is 381 g/mol. The number of rotatable bonds is 4. The summed E-state index contributed by atoms with van der Waals surface area (Å²) in [6.45, 7) is 0. The predicted octanol–water partition coefficient (Wildman–Crippen LogP) is 4.12. The number of halogens is 1. The van der Waals surface area contributed by atoms with Crippen LogP contribution in [-0.2, 0) is 0 Å². The van der Waals surface area contributed by atoms with Gasteiger partial charge < -0.3 is 4.42 Å². The van der Waals surface area contributed by atoms with E-state index in [1.807, 2.05) is 0 Å². The standard InChI is InChI=1S/C19H10FN5O2S/c20-13-5-3-11(4-6-13)18-23-9-15(27-18)17(26)25-19-24-14(10-28-19)16-12(8-21)2-1-7-22-16/h1-7,9-10H,(H,24,25,26). The van der Waals surface area contributed by atoms with Crippen LogP contribution in [0.15, 0.2) is 58.6 Å². The summed E-state index contributed by atoms with van der Waals surface area (Å²) in [5.74, 6) is -0.702. The Kier molecular flexibility index (Phi) is 4.62. The highest BCUT2D eigenvalue weighted by Gasteiger charge is 2.17. The molecule has 0 fully saturated rings. The van der Waals surface area contributed by atoms with Crippen molar-refractivity contribution in [2.75, 3.05) is 5.32 Å². The molecule has 1 aromatic carbocycles. The van der Waals surface area contributed by atoms with Crippen LogP contribution >= 0.6 is 11.3 Å². The minimum absolute atomic E-state index is 0.00775. The second kappa shape index (κ2) is 7.38. The van der Waals surface area contributed by atoms with Gasteiger partial charge in [-0.3, -0.25) is 15.1 Å². The van der Waals surface area contributed by atoms with Crippen molar-refractivity contribution in [2.24, 2.45) is 0 Å². The molecule has 0 atom stereocenters. The molecule has 0 aliphatic rings. The van der Waals surface area contributed by atoms with Gasteiger partial charge in [0.15, 0.2) is 5.13 Å². The SMILES string of the molecule is N#Cc1cccnc1-c1csc(NC(=O)c2cnc(-c3ccc(F)cc3)o2)n1. The minimum Gasteiger partial charge on any atom is -0.431 e. The molecule has 9 heteroatoms. The molecule has 3 aromatic heterocycles. The highest BCUT2D eigenvalue weighted by molar-refractivity contribution is 7.14. The van der Waals surface area contributed by atoms with Crippen LogP contribution in [0, 0.1) is 17.1 Å². The van der Waals surface area contributed by atoms with Gasteiger partial charge in [0, 0.05) is 17.1 Å². The molecule has 0 aliphatic carbocycles. The van der Waals surface area contributed by atoms with Gasteiger partial charge in [0.25, 0.3) is 5.91 Å². The number of nitrogens with zero attached hydrogens (tertiary/aromatic N) is 4. The van der Waals surface area contributed by atoms with Crippen molar-refractivity contribution in [3.05, 3.63) is 71.3 Å². The summed E-state index contributed by atoms with van der Waals surface area (Å²) in [4.78, 5) is 24.9. The first-order valence-corrected chi connectivity index (χ1v) is 8.86. The van der Waals surface area contributed by atoms with E-state index in [1.165, 1.54) is 41.8 Å². The molecule has 0 radical (unpaired) electrons. The molecule has 3 heterocycles. The third-order valence-corrected chi connectivity index (χ3v) is 4.47. The Morgan fingerprint density at radius 2 is 2.04 bits per heavy atom. The highest BCUT2D eigenvalue weighted by atomic mass is 32.1. The molecular formula is C19H10FN5O2S. The van der Waals surface area contributed by atoms with Gasteiger partial charge >= 0.3 is 0 Å². The summed E-state index contributed by atoms with van der Waals surface area (Å²) in [6, 6.07) is 11.0. The molecule has 0 saturated carbocycles. The topological polar surface area (TPSA) is 105 Å². The lowest BCUT2D eigenvalue weighted by molar-refractivity contribution is 0.0997. The van der Waals surface area contributed by atoms with E-state index in [0.717, 1.165) is 0 Å². The van der Waals surface area contributed by atoms with E-state index in [2.05, 4.69) is 26.3 Å². The normalized spacial score (nSPS) is 10.4. The number of pyridine rings is 1. The summed E-state index contributed by atoms with van der Waals surface area (Å²) in [5, 5.41) is 13.8. The molecule has 136 valence electrons. The molecule has 1 amide bonds. The van der Waals surface area contributed by atoms with Crippen LogP contribution in [0.5, 0.6) is 0 Å². The number of aromatic nitrogens is 3. The Balaban J connectivity index is 1.51. The molecule has 7 nitrogen and oxygen atoms in total. The van der Waals surface area contributed by atoms with Crippen LogP contribution in [-0.4, -0.2) is 20.9 Å². The summed E-state index contributed by atoms with van der Waals surface area (Å²) in [5.41, 5.74) is 1.88. The smallest absolute Gasteiger partial charge is 0.294 e. The van der Waals surface area contributed by atoms with Crippen LogP contribution in [0.4, 0.5) is 9.52 Å². The Morgan fingerprint density at radius 1 is 1.21 bits per heavy atom. The first-order chi connectivity index (χ1) is 13.6. The number of carbonyl (C=O) groups is 1. The molecule has 0 bridgehead atoms. The zero-order valence-electron chi connectivity index (χ0n) is 14.1. The third kappa shape index (κ3) is 3.49. The second-order valence-corrected chi connectivity index (χ2v) is 6.40. The van der Waals surface area contributed by atoms with E-state index < -0.39 is 5.91 Å². The lowest BCUT2D eigenvalue weighted by Gasteiger charge is -1.99. The van der Waals surface area contributed by atoms with Crippen molar-refractivity contribution >= 4 is 22.4 Å². The Hall–Kier alpha value is -3.90. The average molecular weight is 391 g/mol. The number of nitrogens with one attached hydrogen (secondary N) is 1. The number of oxazole rings is 1. The van der Waals surface area contributed by atoms with Crippen LogP contribution in [0.25, 0.3) is 22.8 Å². The minimum atomic E-state index is -0.525. The number of anilines is 1. The van der Waals surface area contributed by atoms with E-state index >= 15 is 0 Å². The van der Waals surface area contributed by atoms with Gasteiger partial charge in [-0.05, 0) is 36.4 Å². The number of thiazole rings is 1. The van der Waals surface area contributed by atoms with E-state index in [9.17, 15) is 9.18 Å². The first kappa shape index (κ1) is 17.5. The fourth-order valence-electron chi connectivity index (χ4n) is 2.40. The van der Waals surface area contributed by atoms with Gasteiger partial charge in [-0.1, -0.05) is 0 Å². The van der Waals surface area contributed by atoms with Crippen molar-refractivity contribution in [1.29, 1.82) is 5.26 Å². The number of benzene rings is 1. The Labute approximate surface area is 162 Å². The number of amides is 1. The molecule has 0 spiro atoms. The first-order valence-electron chi connectivity index (χ1n) is 7.98. The largest absolute Gasteiger partial charge is 0.431 e. The zero-order chi connectivity index (χ0) is 19.5. The number of nitriles is 1. The van der Waals surface area contributed by atoms with Gasteiger partial charge in [0.1, 0.15) is 23.3 Å². The summed E-state index contributed by atoms with van der Waals surface area (Å²) >= 11 is 1.20. The van der Waals surface area contributed by atoms with Gasteiger partial charge in [-0.15, -0.1) is 11.3 Å². The van der Waals surface area contributed by atoms with Crippen LogP contribution in [0.1, 0.15) is 16.1 Å². The second-order valence-electron chi connectivity index (χ2n) is 5.54. The van der Waals surface area contributed by atoms with Crippen LogP contribution < -0.4 is 5.32 Å². The molecule has 4 aromatic rings. The van der Waals surface area contributed by atoms with E-state index in [1.54, 1.807) is 23.7 Å². The van der Waals surface area contributed by atoms with Gasteiger partial charge in [-0.2, -0.15) is 5.26 Å². The molecule has 4 rings (SSSR count). The Bertz CT molecular complexity index is 1190. The molecule has 0 saturated heterocycles. The lowest BCUT2D eigenvalue weighted by atomic mass is 10.2. The average Bonchev–Trinajstić information content (AvgIpc) is 3.38. The van der Waals surface area contributed by atoms with Gasteiger partial charge in [-0.25, -0.2) is 14.4 Å². The molecule has 28 heavy (non-hydrogen) atoms.